The lowest BCUT2D eigenvalue weighted by Crippen LogP contribution is -2.40. The number of carbonyl (C=O) groups is 3. The average Bonchev–Trinajstić information content (AvgIpc) is 3.13. The number of rotatable bonds is 11. The van der Waals surface area contributed by atoms with Gasteiger partial charge < -0.3 is 15.5 Å². The van der Waals surface area contributed by atoms with Gasteiger partial charge in [0.15, 0.2) is 5.13 Å². The molecule has 1 aromatic heterocycles. The largest absolute Gasteiger partial charge is 0.356 e. The van der Waals surface area contributed by atoms with E-state index in [2.05, 4.69) is 29.5 Å². The summed E-state index contributed by atoms with van der Waals surface area (Å²) in [6, 6.07) is 5.25. The third kappa shape index (κ3) is 8.74. The van der Waals surface area contributed by atoms with Crippen LogP contribution in [-0.4, -0.2) is 47.2 Å². The second-order valence-corrected chi connectivity index (χ2v) is 9.35. The molecule has 32 heavy (non-hydrogen) atoms. The highest BCUT2D eigenvalue weighted by atomic mass is 32.1. The second kappa shape index (κ2) is 12.3. The lowest BCUT2D eigenvalue weighted by molar-refractivity contribution is -0.120. The van der Waals surface area contributed by atoms with Gasteiger partial charge >= 0.3 is 0 Å². The zero-order valence-electron chi connectivity index (χ0n) is 19.0. The Balaban J connectivity index is 1.93. The predicted octanol–water partition coefficient (Wildman–Crippen LogP) is 3.72. The number of amides is 3. The van der Waals surface area contributed by atoms with Crippen molar-refractivity contribution < 1.29 is 18.8 Å². The molecule has 2 rings (SSSR count). The Kier molecular flexibility index (Phi) is 9.77. The van der Waals surface area contributed by atoms with Crippen LogP contribution in [0.25, 0.3) is 0 Å². The molecule has 9 heteroatoms. The van der Waals surface area contributed by atoms with Gasteiger partial charge in [0.2, 0.25) is 11.8 Å². The highest BCUT2D eigenvalue weighted by Crippen LogP contribution is 2.16. The highest BCUT2D eigenvalue weighted by Gasteiger charge is 2.21. The molecule has 0 atom stereocenters. The van der Waals surface area contributed by atoms with Gasteiger partial charge in [0.05, 0.1) is 12.1 Å². The third-order valence-electron chi connectivity index (χ3n) is 4.48. The summed E-state index contributed by atoms with van der Waals surface area (Å²) in [5.74, 6) is -0.602. The molecule has 0 aliphatic carbocycles. The number of carbonyl (C=O) groups excluding carboxylic acids is 3. The molecule has 0 saturated heterocycles. The second-order valence-electron chi connectivity index (χ2n) is 8.49. The van der Waals surface area contributed by atoms with Gasteiger partial charge in [0.25, 0.3) is 5.91 Å². The van der Waals surface area contributed by atoms with Crippen molar-refractivity contribution in [1.82, 2.24) is 15.2 Å². The van der Waals surface area contributed by atoms with Gasteiger partial charge in [-0.2, -0.15) is 0 Å². The van der Waals surface area contributed by atoms with Gasteiger partial charge in [-0.3, -0.25) is 14.4 Å². The number of anilines is 1. The maximum atomic E-state index is 13.2. The summed E-state index contributed by atoms with van der Waals surface area (Å²) in [7, 11) is 0. The number of hydrogen-bond acceptors (Lipinski definition) is 5. The van der Waals surface area contributed by atoms with Crippen LogP contribution in [0.15, 0.2) is 29.6 Å². The van der Waals surface area contributed by atoms with Crippen LogP contribution in [0.1, 0.15) is 50.2 Å². The fraction of sp³-hybridized carbons (Fsp3) is 0.478. The molecular formula is C23H31FN4O3S. The van der Waals surface area contributed by atoms with Crippen LogP contribution in [0.5, 0.6) is 0 Å². The molecule has 0 bridgehead atoms. The summed E-state index contributed by atoms with van der Waals surface area (Å²) in [4.78, 5) is 43.1. The fourth-order valence-corrected chi connectivity index (χ4v) is 3.67. The molecule has 174 valence electrons. The van der Waals surface area contributed by atoms with Crippen molar-refractivity contribution in [2.75, 3.05) is 25.0 Å². The molecule has 0 unspecified atom stereocenters. The van der Waals surface area contributed by atoms with Gasteiger partial charge in [-0.25, -0.2) is 9.37 Å². The third-order valence-corrected chi connectivity index (χ3v) is 5.29. The van der Waals surface area contributed by atoms with Crippen molar-refractivity contribution in [2.24, 2.45) is 11.8 Å². The van der Waals surface area contributed by atoms with E-state index >= 15 is 0 Å². The quantitative estimate of drug-likeness (QED) is 0.532. The normalized spacial score (nSPS) is 11.0. The first-order valence-electron chi connectivity index (χ1n) is 10.7. The summed E-state index contributed by atoms with van der Waals surface area (Å²) < 4.78 is 13.2. The molecule has 1 aromatic carbocycles. The smallest absolute Gasteiger partial charge is 0.254 e. The Hall–Kier alpha value is -2.81. The zero-order chi connectivity index (χ0) is 23.7. The molecule has 3 amide bonds. The summed E-state index contributed by atoms with van der Waals surface area (Å²) >= 11 is 1.23. The number of thiazole rings is 1. The van der Waals surface area contributed by atoms with Crippen molar-refractivity contribution in [1.29, 1.82) is 0 Å². The maximum Gasteiger partial charge on any atom is 0.254 e. The van der Waals surface area contributed by atoms with E-state index in [-0.39, 0.29) is 36.6 Å². The molecule has 0 saturated carbocycles. The summed E-state index contributed by atoms with van der Waals surface area (Å²) in [5.41, 5.74) is 0.897. The Morgan fingerprint density at radius 3 is 2.38 bits per heavy atom. The highest BCUT2D eigenvalue weighted by molar-refractivity contribution is 7.13. The number of halogens is 1. The van der Waals surface area contributed by atoms with Crippen LogP contribution in [0.2, 0.25) is 0 Å². The molecule has 1 heterocycles. The summed E-state index contributed by atoms with van der Waals surface area (Å²) in [5, 5.41) is 7.66. The lowest BCUT2D eigenvalue weighted by Gasteiger charge is -2.24. The molecule has 0 radical (unpaired) electrons. The Morgan fingerprint density at radius 2 is 1.75 bits per heavy atom. The molecule has 7 nitrogen and oxygen atoms in total. The van der Waals surface area contributed by atoms with Crippen molar-refractivity contribution in [3.63, 3.8) is 0 Å². The van der Waals surface area contributed by atoms with E-state index in [1.807, 2.05) is 13.8 Å². The fourth-order valence-electron chi connectivity index (χ4n) is 2.94. The lowest BCUT2D eigenvalue weighted by atomic mass is 10.1. The SMILES string of the molecule is CC(C)CCNC(=O)Cc1csc(NC(=O)CN(CC(C)C)C(=O)c2ccc(F)cc2)n1. The molecule has 0 aliphatic heterocycles. The van der Waals surface area contributed by atoms with Gasteiger partial charge in [-0.05, 0) is 42.5 Å². The van der Waals surface area contributed by atoms with Gasteiger partial charge in [-0.1, -0.05) is 27.7 Å². The monoisotopic (exact) mass is 462 g/mol. The molecule has 2 aromatic rings. The molecule has 0 aliphatic rings. The van der Waals surface area contributed by atoms with E-state index in [1.54, 1.807) is 5.38 Å². The van der Waals surface area contributed by atoms with Gasteiger partial charge in [0.1, 0.15) is 12.4 Å². The van der Waals surface area contributed by atoms with E-state index < -0.39 is 5.82 Å². The minimum atomic E-state index is -0.428. The van der Waals surface area contributed by atoms with Crippen molar-refractivity contribution in [3.8, 4) is 0 Å². The minimum absolute atomic E-state index is 0.109. The number of nitrogens with zero attached hydrogens (tertiary/aromatic N) is 2. The average molecular weight is 463 g/mol. The van der Waals surface area contributed by atoms with Crippen LogP contribution in [0, 0.1) is 17.7 Å². The Bertz CT molecular complexity index is 912. The summed E-state index contributed by atoms with van der Waals surface area (Å²) in [6.45, 7) is 8.93. The van der Waals surface area contributed by atoms with Gasteiger partial charge in [-0.15, -0.1) is 11.3 Å². The zero-order valence-corrected chi connectivity index (χ0v) is 19.8. The Morgan fingerprint density at radius 1 is 1.06 bits per heavy atom. The number of hydrogen-bond donors (Lipinski definition) is 2. The van der Waals surface area contributed by atoms with E-state index in [9.17, 15) is 18.8 Å². The first kappa shape index (κ1) is 25.5. The van der Waals surface area contributed by atoms with Crippen LogP contribution in [0.3, 0.4) is 0 Å². The van der Waals surface area contributed by atoms with Crippen LogP contribution in [0.4, 0.5) is 9.52 Å². The van der Waals surface area contributed by atoms with Crippen molar-refractivity contribution in [3.05, 3.63) is 46.7 Å². The van der Waals surface area contributed by atoms with Crippen molar-refractivity contribution >= 4 is 34.2 Å². The summed E-state index contributed by atoms with van der Waals surface area (Å²) in [6.07, 6.45) is 1.06. The maximum absolute atomic E-state index is 13.2. The topological polar surface area (TPSA) is 91.4 Å². The van der Waals surface area contributed by atoms with E-state index in [0.717, 1.165) is 6.42 Å². The number of aromatic nitrogens is 1. The number of benzene rings is 1. The van der Waals surface area contributed by atoms with Crippen LogP contribution in [-0.2, 0) is 16.0 Å². The number of nitrogens with one attached hydrogen (secondary N) is 2. The minimum Gasteiger partial charge on any atom is -0.356 e. The van der Waals surface area contributed by atoms with E-state index in [4.69, 9.17) is 0 Å². The molecular weight excluding hydrogens is 431 g/mol. The van der Waals surface area contributed by atoms with Gasteiger partial charge in [0, 0.05) is 24.0 Å². The predicted molar refractivity (Wildman–Crippen MR) is 124 cm³/mol. The first-order chi connectivity index (χ1) is 15.1. The van der Waals surface area contributed by atoms with Crippen LogP contribution >= 0.6 is 11.3 Å². The van der Waals surface area contributed by atoms with E-state index in [0.29, 0.717) is 35.4 Å². The Labute approximate surface area is 192 Å². The van der Waals surface area contributed by atoms with Crippen molar-refractivity contribution in [2.45, 2.75) is 40.5 Å². The van der Waals surface area contributed by atoms with E-state index in [1.165, 1.54) is 40.5 Å². The molecule has 0 fully saturated rings. The molecule has 0 spiro atoms. The standard InChI is InChI=1S/C23H31FN4O3S/c1-15(2)9-10-25-20(29)11-19-14-32-23(26-19)27-21(30)13-28(12-16(3)4)22(31)17-5-7-18(24)8-6-17/h5-8,14-16H,9-13H2,1-4H3,(H,25,29)(H,26,27,30). The molecule has 2 N–H and O–H groups in total. The van der Waals surface area contributed by atoms with Crippen LogP contribution < -0.4 is 10.6 Å². The first-order valence-corrected chi connectivity index (χ1v) is 11.6.